The molecule has 4 heteroatoms. The molecule has 1 rings (SSSR count). The van der Waals surface area contributed by atoms with Gasteiger partial charge < -0.3 is 10.5 Å². The molecule has 2 N–H and O–H groups in total. The monoisotopic (exact) mass is 288 g/mol. The molecule has 0 aliphatic carbocycles. The van der Waals surface area contributed by atoms with Gasteiger partial charge >= 0.3 is 0 Å². The Hall–Kier alpha value is -0.800. The average Bonchev–Trinajstić information content (AvgIpc) is 2.17. The van der Waals surface area contributed by atoms with Crippen LogP contribution in [0.3, 0.4) is 0 Å². The molecule has 1 aromatic carbocycles. The van der Waals surface area contributed by atoms with Crippen molar-refractivity contribution < 1.29 is 4.74 Å². The van der Waals surface area contributed by atoms with Gasteiger partial charge in [-0.1, -0.05) is 0 Å². The number of hydrogen-bond donors (Lipinski definition) is 1. The van der Waals surface area contributed by atoms with Crippen LogP contribution in [0.15, 0.2) is 12.1 Å². The Morgan fingerprint density at radius 3 is 2.77 bits per heavy atom. The van der Waals surface area contributed by atoms with E-state index in [4.69, 9.17) is 15.7 Å². The fraction of sp³-hybridized carbons (Fsp3) is 0.222. The van der Waals surface area contributed by atoms with Gasteiger partial charge in [-0.3, -0.25) is 0 Å². The SMILES string of the molecule is COc1cc(I)c(C#N)cc1CN. The van der Waals surface area contributed by atoms with E-state index in [2.05, 4.69) is 28.7 Å². The van der Waals surface area contributed by atoms with Crippen LogP contribution in [0, 0.1) is 14.9 Å². The van der Waals surface area contributed by atoms with Crippen LogP contribution in [-0.2, 0) is 6.54 Å². The Labute approximate surface area is 90.6 Å². The highest BCUT2D eigenvalue weighted by Crippen LogP contribution is 2.24. The summed E-state index contributed by atoms with van der Waals surface area (Å²) in [5.74, 6) is 0.742. The Bertz CT molecular complexity index is 357. The summed E-state index contributed by atoms with van der Waals surface area (Å²) in [6.45, 7) is 0.384. The van der Waals surface area contributed by atoms with Gasteiger partial charge in [0.1, 0.15) is 11.8 Å². The Morgan fingerprint density at radius 2 is 2.31 bits per heavy atom. The lowest BCUT2D eigenvalue weighted by molar-refractivity contribution is 0.409. The lowest BCUT2D eigenvalue weighted by Crippen LogP contribution is -2.01. The van der Waals surface area contributed by atoms with Crippen LogP contribution in [0.25, 0.3) is 0 Å². The molecule has 0 saturated carbocycles. The average molecular weight is 288 g/mol. The van der Waals surface area contributed by atoms with Gasteiger partial charge in [-0.15, -0.1) is 0 Å². The first-order chi connectivity index (χ1) is 6.22. The molecule has 0 aromatic heterocycles. The number of benzene rings is 1. The quantitative estimate of drug-likeness (QED) is 0.841. The number of hydrogen-bond acceptors (Lipinski definition) is 3. The highest BCUT2D eigenvalue weighted by molar-refractivity contribution is 14.1. The van der Waals surface area contributed by atoms with Crippen molar-refractivity contribution in [2.45, 2.75) is 6.54 Å². The number of halogens is 1. The summed E-state index contributed by atoms with van der Waals surface area (Å²) in [5, 5.41) is 8.77. The largest absolute Gasteiger partial charge is 0.496 e. The molecule has 68 valence electrons. The van der Waals surface area contributed by atoms with Crippen molar-refractivity contribution in [2.75, 3.05) is 7.11 Å². The second-order valence-corrected chi connectivity index (χ2v) is 3.62. The third kappa shape index (κ3) is 2.11. The minimum Gasteiger partial charge on any atom is -0.496 e. The van der Waals surface area contributed by atoms with Gasteiger partial charge in [0.05, 0.1) is 12.7 Å². The van der Waals surface area contributed by atoms with Crippen molar-refractivity contribution in [2.24, 2.45) is 5.73 Å². The van der Waals surface area contributed by atoms with E-state index in [1.807, 2.05) is 6.07 Å². The molecule has 3 nitrogen and oxygen atoms in total. The summed E-state index contributed by atoms with van der Waals surface area (Å²) in [4.78, 5) is 0. The van der Waals surface area contributed by atoms with Crippen LogP contribution in [0.1, 0.15) is 11.1 Å². The molecule has 0 fully saturated rings. The zero-order chi connectivity index (χ0) is 9.84. The van der Waals surface area contributed by atoms with E-state index in [9.17, 15) is 0 Å². The number of methoxy groups -OCH3 is 1. The molecule has 0 aliphatic heterocycles. The lowest BCUT2D eigenvalue weighted by Gasteiger charge is -2.07. The summed E-state index contributed by atoms with van der Waals surface area (Å²) in [7, 11) is 1.59. The van der Waals surface area contributed by atoms with E-state index >= 15 is 0 Å². The molecule has 0 atom stereocenters. The summed E-state index contributed by atoms with van der Waals surface area (Å²) in [5.41, 5.74) is 7.01. The molecular formula is C9H9IN2O. The number of nitriles is 1. The van der Waals surface area contributed by atoms with Gasteiger partial charge in [-0.25, -0.2) is 0 Å². The Morgan fingerprint density at radius 1 is 1.62 bits per heavy atom. The summed E-state index contributed by atoms with van der Waals surface area (Å²) in [6, 6.07) is 5.69. The van der Waals surface area contributed by atoms with Gasteiger partial charge in [-0.05, 0) is 34.7 Å². The minimum absolute atomic E-state index is 0.384. The van der Waals surface area contributed by atoms with Crippen LogP contribution in [0.2, 0.25) is 0 Å². The molecule has 13 heavy (non-hydrogen) atoms. The zero-order valence-corrected chi connectivity index (χ0v) is 9.33. The first kappa shape index (κ1) is 10.3. The second-order valence-electron chi connectivity index (χ2n) is 2.46. The maximum absolute atomic E-state index is 8.77. The van der Waals surface area contributed by atoms with Crippen molar-refractivity contribution >= 4 is 22.6 Å². The van der Waals surface area contributed by atoms with Gasteiger partial charge in [-0.2, -0.15) is 5.26 Å². The van der Waals surface area contributed by atoms with Crippen LogP contribution in [-0.4, -0.2) is 7.11 Å². The summed E-state index contributed by atoms with van der Waals surface area (Å²) >= 11 is 2.10. The lowest BCUT2D eigenvalue weighted by atomic mass is 10.1. The topological polar surface area (TPSA) is 59.0 Å². The molecule has 0 heterocycles. The van der Waals surface area contributed by atoms with E-state index in [-0.39, 0.29) is 0 Å². The van der Waals surface area contributed by atoms with Crippen LogP contribution < -0.4 is 10.5 Å². The normalized spacial score (nSPS) is 9.38. The molecule has 0 bridgehead atoms. The first-order valence-corrected chi connectivity index (χ1v) is 4.77. The predicted molar refractivity (Wildman–Crippen MR) is 58.3 cm³/mol. The van der Waals surface area contributed by atoms with Crippen molar-refractivity contribution in [3.05, 3.63) is 26.8 Å². The standard InChI is InChI=1S/C9H9IN2O/c1-13-9-3-8(10)6(4-11)2-7(9)5-12/h2-3H,5,12H2,1H3. The van der Waals surface area contributed by atoms with E-state index in [0.29, 0.717) is 12.1 Å². The summed E-state index contributed by atoms with van der Waals surface area (Å²) < 4.78 is 6.01. The highest BCUT2D eigenvalue weighted by atomic mass is 127. The van der Waals surface area contributed by atoms with Crippen molar-refractivity contribution in [1.29, 1.82) is 5.26 Å². The van der Waals surface area contributed by atoms with Crippen molar-refractivity contribution in [1.82, 2.24) is 0 Å². The molecule has 0 radical (unpaired) electrons. The van der Waals surface area contributed by atoms with Gasteiger partial charge in [0.25, 0.3) is 0 Å². The van der Waals surface area contributed by atoms with Crippen LogP contribution in [0.4, 0.5) is 0 Å². The van der Waals surface area contributed by atoms with E-state index in [1.165, 1.54) is 0 Å². The fourth-order valence-corrected chi connectivity index (χ4v) is 1.59. The molecular weight excluding hydrogens is 279 g/mol. The number of nitrogens with zero attached hydrogens (tertiary/aromatic N) is 1. The molecule has 0 unspecified atom stereocenters. The molecule has 0 spiro atoms. The third-order valence-electron chi connectivity index (χ3n) is 1.71. The molecule has 0 amide bonds. The Balaban J connectivity index is 3.28. The Kier molecular flexibility index (Phi) is 3.51. The second kappa shape index (κ2) is 4.44. The zero-order valence-electron chi connectivity index (χ0n) is 7.17. The van der Waals surface area contributed by atoms with Crippen LogP contribution >= 0.6 is 22.6 Å². The van der Waals surface area contributed by atoms with Crippen molar-refractivity contribution in [3.8, 4) is 11.8 Å². The van der Waals surface area contributed by atoms with E-state index < -0.39 is 0 Å². The number of ether oxygens (including phenoxy) is 1. The van der Waals surface area contributed by atoms with E-state index in [1.54, 1.807) is 13.2 Å². The third-order valence-corrected chi connectivity index (χ3v) is 2.60. The first-order valence-electron chi connectivity index (χ1n) is 3.69. The predicted octanol–water partition coefficient (Wildman–Crippen LogP) is 1.63. The molecule has 0 saturated heterocycles. The number of rotatable bonds is 2. The fourth-order valence-electron chi connectivity index (χ4n) is 1.04. The van der Waals surface area contributed by atoms with Crippen LogP contribution in [0.5, 0.6) is 5.75 Å². The van der Waals surface area contributed by atoms with Gasteiger partial charge in [0.15, 0.2) is 0 Å². The van der Waals surface area contributed by atoms with Crippen molar-refractivity contribution in [3.63, 3.8) is 0 Å². The van der Waals surface area contributed by atoms with Gasteiger partial charge in [0.2, 0.25) is 0 Å². The molecule has 1 aromatic rings. The maximum Gasteiger partial charge on any atom is 0.124 e. The maximum atomic E-state index is 8.77. The van der Waals surface area contributed by atoms with Gasteiger partial charge in [0, 0.05) is 15.7 Å². The summed E-state index contributed by atoms with van der Waals surface area (Å²) in [6.07, 6.45) is 0. The molecule has 0 aliphatic rings. The highest BCUT2D eigenvalue weighted by Gasteiger charge is 2.06. The number of nitrogens with two attached hydrogens (primary N) is 1. The minimum atomic E-state index is 0.384. The smallest absolute Gasteiger partial charge is 0.124 e. The van der Waals surface area contributed by atoms with E-state index in [0.717, 1.165) is 14.9 Å².